The van der Waals surface area contributed by atoms with Crippen molar-refractivity contribution in [3.05, 3.63) is 59.2 Å². The maximum atomic E-state index is 12.4. The molecule has 3 rings (SSSR count). The van der Waals surface area contributed by atoms with Gasteiger partial charge in [0.1, 0.15) is 11.0 Å². The largest absolute Gasteiger partial charge is 0.392 e. The first-order valence-electron chi connectivity index (χ1n) is 7.92. The summed E-state index contributed by atoms with van der Waals surface area (Å²) >= 11 is 0. The lowest BCUT2D eigenvalue weighted by molar-refractivity contribution is -0.116. The van der Waals surface area contributed by atoms with Gasteiger partial charge in [-0.15, -0.1) is 0 Å². The predicted octanol–water partition coefficient (Wildman–Crippen LogP) is 2.27. The zero-order chi connectivity index (χ0) is 16.9. The molecule has 1 atom stereocenters. The van der Waals surface area contributed by atoms with Crippen LogP contribution in [0.4, 0.5) is 5.69 Å². The number of rotatable bonds is 5. The van der Waals surface area contributed by atoms with Crippen LogP contribution in [0.5, 0.6) is 0 Å². The van der Waals surface area contributed by atoms with Gasteiger partial charge >= 0.3 is 0 Å². The summed E-state index contributed by atoms with van der Waals surface area (Å²) in [6, 6.07) is 13.0. The highest BCUT2D eigenvalue weighted by Gasteiger charge is 2.14. The Morgan fingerprint density at radius 1 is 1.08 bits per heavy atom. The van der Waals surface area contributed by atoms with E-state index in [2.05, 4.69) is 10.0 Å². The van der Waals surface area contributed by atoms with Crippen LogP contribution in [0.2, 0.25) is 0 Å². The molecule has 1 aliphatic rings. The van der Waals surface area contributed by atoms with Crippen molar-refractivity contribution >= 4 is 22.6 Å². The molecule has 1 unspecified atom stereocenters. The van der Waals surface area contributed by atoms with Gasteiger partial charge in [-0.05, 0) is 47.7 Å². The first-order valence-corrected chi connectivity index (χ1v) is 9.07. The van der Waals surface area contributed by atoms with Crippen LogP contribution in [0.3, 0.4) is 0 Å². The third kappa shape index (κ3) is 4.08. The highest BCUT2D eigenvalue weighted by atomic mass is 32.2. The summed E-state index contributed by atoms with van der Waals surface area (Å²) in [5.41, 5.74) is 3.70. The first-order chi connectivity index (χ1) is 11.7. The molecule has 24 heavy (non-hydrogen) atoms. The van der Waals surface area contributed by atoms with E-state index in [1.54, 1.807) is 6.07 Å². The topological polar surface area (TPSA) is 78.4 Å². The molecular weight excluding hydrogens is 324 g/mol. The van der Waals surface area contributed by atoms with E-state index in [1.165, 1.54) is 0 Å². The van der Waals surface area contributed by atoms with E-state index in [4.69, 9.17) is 5.11 Å². The number of aryl methyl sites for hydroxylation is 1. The SMILES string of the molecule is O=C1CCCc2cc(S(=O)NCc3ccc(CO)cc3)ccc2N1. The third-order valence-electron chi connectivity index (χ3n) is 4.03. The number of benzene rings is 2. The Bertz CT molecular complexity index is 759. The van der Waals surface area contributed by atoms with Gasteiger partial charge in [-0.25, -0.2) is 8.93 Å². The van der Waals surface area contributed by atoms with Gasteiger partial charge in [-0.3, -0.25) is 4.79 Å². The van der Waals surface area contributed by atoms with Crippen LogP contribution in [0.15, 0.2) is 47.4 Å². The van der Waals surface area contributed by atoms with Crippen molar-refractivity contribution in [2.75, 3.05) is 5.32 Å². The van der Waals surface area contributed by atoms with E-state index < -0.39 is 11.0 Å². The first kappa shape index (κ1) is 16.8. The molecule has 0 aromatic heterocycles. The van der Waals surface area contributed by atoms with E-state index in [1.807, 2.05) is 36.4 Å². The summed E-state index contributed by atoms with van der Waals surface area (Å²) in [6.45, 7) is 0.497. The molecule has 0 radical (unpaired) electrons. The molecule has 2 aromatic carbocycles. The van der Waals surface area contributed by atoms with Gasteiger partial charge in [0.05, 0.1) is 11.5 Å². The summed E-state index contributed by atoms with van der Waals surface area (Å²) in [6.07, 6.45) is 2.14. The van der Waals surface area contributed by atoms with Crippen LogP contribution >= 0.6 is 0 Å². The van der Waals surface area contributed by atoms with Crippen LogP contribution in [-0.4, -0.2) is 15.2 Å². The summed E-state index contributed by atoms with van der Waals surface area (Å²) in [7, 11) is -1.32. The molecule has 0 fully saturated rings. The number of hydrogen-bond acceptors (Lipinski definition) is 3. The number of hydrogen-bond donors (Lipinski definition) is 3. The standard InChI is InChI=1S/C18H20N2O3S/c21-12-14-6-4-13(5-7-14)11-19-24(23)16-8-9-17-15(10-16)2-1-3-18(22)20-17/h4-10,19,21H,1-3,11-12H2,(H,20,22). The Balaban J connectivity index is 1.66. The molecule has 126 valence electrons. The zero-order valence-electron chi connectivity index (χ0n) is 13.2. The molecule has 1 amide bonds. The number of carbonyl (C=O) groups excluding carboxylic acids is 1. The summed E-state index contributed by atoms with van der Waals surface area (Å²) in [5.74, 6) is 0.0343. The Morgan fingerprint density at radius 3 is 2.58 bits per heavy atom. The lowest BCUT2D eigenvalue weighted by atomic mass is 10.1. The lowest BCUT2D eigenvalue weighted by Gasteiger charge is -2.10. The fourth-order valence-corrected chi connectivity index (χ4v) is 3.57. The molecule has 0 bridgehead atoms. The monoisotopic (exact) mass is 344 g/mol. The highest BCUT2D eigenvalue weighted by Crippen LogP contribution is 2.24. The molecule has 2 aromatic rings. The Kier molecular flexibility index (Phi) is 5.40. The van der Waals surface area contributed by atoms with Crippen molar-refractivity contribution in [1.82, 2.24) is 4.72 Å². The minimum Gasteiger partial charge on any atom is -0.392 e. The molecule has 0 spiro atoms. The van der Waals surface area contributed by atoms with Crippen LogP contribution < -0.4 is 10.0 Å². The minimum absolute atomic E-state index is 0.0191. The number of aliphatic hydroxyl groups is 1. The third-order valence-corrected chi connectivity index (χ3v) is 5.12. The molecule has 3 N–H and O–H groups in total. The highest BCUT2D eigenvalue weighted by molar-refractivity contribution is 7.83. The smallest absolute Gasteiger partial charge is 0.224 e. The van der Waals surface area contributed by atoms with Crippen LogP contribution in [-0.2, 0) is 35.4 Å². The van der Waals surface area contributed by atoms with Crippen molar-refractivity contribution < 1.29 is 14.1 Å². The van der Waals surface area contributed by atoms with Crippen molar-refractivity contribution in [3.63, 3.8) is 0 Å². The molecule has 1 heterocycles. The number of anilines is 1. The molecule has 5 nitrogen and oxygen atoms in total. The van der Waals surface area contributed by atoms with E-state index in [0.29, 0.717) is 17.9 Å². The van der Waals surface area contributed by atoms with Crippen molar-refractivity contribution in [2.45, 2.75) is 37.3 Å². The molecular formula is C18H20N2O3S. The lowest BCUT2D eigenvalue weighted by Crippen LogP contribution is -2.17. The van der Waals surface area contributed by atoms with E-state index >= 15 is 0 Å². The fourth-order valence-electron chi connectivity index (χ4n) is 2.66. The zero-order valence-corrected chi connectivity index (χ0v) is 14.1. The Labute approximate surface area is 143 Å². The van der Waals surface area contributed by atoms with Crippen LogP contribution in [0.1, 0.15) is 29.5 Å². The average Bonchev–Trinajstić information content (AvgIpc) is 2.80. The van der Waals surface area contributed by atoms with E-state index in [-0.39, 0.29) is 12.5 Å². The van der Waals surface area contributed by atoms with Gasteiger partial charge in [-0.1, -0.05) is 24.3 Å². The van der Waals surface area contributed by atoms with Crippen molar-refractivity contribution in [2.24, 2.45) is 0 Å². The van der Waals surface area contributed by atoms with E-state index in [0.717, 1.165) is 35.2 Å². The molecule has 0 saturated heterocycles. The van der Waals surface area contributed by atoms with Gasteiger partial charge in [0.15, 0.2) is 0 Å². The van der Waals surface area contributed by atoms with Gasteiger partial charge in [0, 0.05) is 18.7 Å². The molecule has 6 heteroatoms. The molecule has 1 aliphatic heterocycles. The second-order valence-electron chi connectivity index (χ2n) is 5.79. The predicted molar refractivity (Wildman–Crippen MR) is 93.6 cm³/mol. The summed E-state index contributed by atoms with van der Waals surface area (Å²) < 4.78 is 15.5. The number of carbonyl (C=O) groups is 1. The summed E-state index contributed by atoms with van der Waals surface area (Å²) in [5, 5.41) is 11.9. The van der Waals surface area contributed by atoms with Crippen molar-refractivity contribution in [1.29, 1.82) is 0 Å². The maximum absolute atomic E-state index is 12.4. The van der Waals surface area contributed by atoms with Crippen molar-refractivity contribution in [3.8, 4) is 0 Å². The summed E-state index contributed by atoms with van der Waals surface area (Å²) in [4.78, 5) is 12.3. The Morgan fingerprint density at radius 2 is 1.83 bits per heavy atom. The quantitative estimate of drug-likeness (QED) is 0.778. The second-order valence-corrected chi connectivity index (χ2v) is 7.08. The maximum Gasteiger partial charge on any atom is 0.224 e. The number of nitrogens with one attached hydrogen (secondary N) is 2. The van der Waals surface area contributed by atoms with Gasteiger partial charge in [0.2, 0.25) is 5.91 Å². The molecule has 0 aliphatic carbocycles. The van der Waals surface area contributed by atoms with Gasteiger partial charge in [0.25, 0.3) is 0 Å². The average molecular weight is 344 g/mol. The Hall–Kier alpha value is -2.02. The fraction of sp³-hybridized carbons (Fsp3) is 0.278. The van der Waals surface area contributed by atoms with Gasteiger partial charge < -0.3 is 10.4 Å². The second kappa shape index (κ2) is 7.70. The van der Waals surface area contributed by atoms with E-state index in [9.17, 15) is 9.00 Å². The van der Waals surface area contributed by atoms with Crippen LogP contribution in [0.25, 0.3) is 0 Å². The number of aliphatic hydroxyl groups excluding tert-OH is 1. The number of fused-ring (bicyclic) bond motifs is 1. The number of amides is 1. The minimum atomic E-state index is -1.32. The van der Waals surface area contributed by atoms with Gasteiger partial charge in [-0.2, -0.15) is 0 Å². The normalized spacial score (nSPS) is 15.3. The molecule has 0 saturated carbocycles. The van der Waals surface area contributed by atoms with Crippen LogP contribution in [0, 0.1) is 0 Å².